The molecule has 3 aromatic rings. The van der Waals surface area contributed by atoms with Crippen LogP contribution in [0, 0.1) is 11.3 Å². The van der Waals surface area contributed by atoms with Crippen LogP contribution in [0.15, 0.2) is 65.4 Å². The molecule has 1 aliphatic carbocycles. The van der Waals surface area contributed by atoms with Crippen molar-refractivity contribution in [1.82, 2.24) is 20.4 Å². The molecule has 3 atom stereocenters. The quantitative estimate of drug-likeness (QED) is 0.445. The van der Waals surface area contributed by atoms with Gasteiger partial charge < -0.3 is 19.4 Å². The van der Waals surface area contributed by atoms with E-state index >= 15 is 0 Å². The van der Waals surface area contributed by atoms with Crippen LogP contribution in [0.5, 0.6) is 5.75 Å². The summed E-state index contributed by atoms with van der Waals surface area (Å²) in [6.07, 6.45) is 5.85. The number of ether oxygens (including phenoxy) is 1. The topological polar surface area (TPSA) is 80.5 Å². The van der Waals surface area contributed by atoms with E-state index in [1.54, 1.807) is 7.11 Å². The molecular weight excluding hydrogens is 476 g/mol. The van der Waals surface area contributed by atoms with Gasteiger partial charge in [-0.25, -0.2) is 0 Å². The van der Waals surface area contributed by atoms with Gasteiger partial charge in [0.25, 0.3) is 0 Å². The third kappa shape index (κ3) is 5.21. The first-order chi connectivity index (χ1) is 18.3. The van der Waals surface area contributed by atoms with Crippen LogP contribution < -0.4 is 10.1 Å². The number of likely N-dealkylation sites (tertiary alicyclic amines) is 1. The Hall–Kier alpha value is -3.19. The highest BCUT2D eigenvalue weighted by molar-refractivity contribution is 5.80. The second-order valence-corrected chi connectivity index (χ2v) is 11.7. The first-order valence-corrected chi connectivity index (χ1v) is 13.8. The molecule has 0 bridgehead atoms. The van der Waals surface area contributed by atoms with Gasteiger partial charge in [-0.05, 0) is 67.7 Å². The van der Waals surface area contributed by atoms with Gasteiger partial charge in [-0.2, -0.15) is 0 Å². The number of nitrogens with one attached hydrogen (secondary N) is 1. The summed E-state index contributed by atoms with van der Waals surface area (Å²) in [5, 5.41) is 12.1. The minimum Gasteiger partial charge on any atom is -0.497 e. The Labute approximate surface area is 226 Å². The fourth-order valence-electron chi connectivity index (χ4n) is 6.67. The normalized spacial score (nSPS) is 23.5. The van der Waals surface area contributed by atoms with Crippen LogP contribution >= 0.6 is 0 Å². The second-order valence-electron chi connectivity index (χ2n) is 11.7. The smallest absolute Gasteiger partial charge is 0.226 e. The van der Waals surface area contributed by atoms with Crippen LogP contribution in [0.25, 0.3) is 0 Å². The number of piperidine rings is 1. The number of nitrogens with zero attached hydrogens (tertiary/aromatic N) is 3. The molecule has 0 radical (unpaired) electrons. The van der Waals surface area contributed by atoms with E-state index in [2.05, 4.69) is 77.6 Å². The van der Waals surface area contributed by atoms with Gasteiger partial charge in [0.15, 0.2) is 0 Å². The summed E-state index contributed by atoms with van der Waals surface area (Å²) in [6.45, 7) is 8.12. The van der Waals surface area contributed by atoms with Gasteiger partial charge in [0, 0.05) is 31.1 Å². The van der Waals surface area contributed by atoms with Crippen molar-refractivity contribution in [3.63, 3.8) is 0 Å². The van der Waals surface area contributed by atoms with Gasteiger partial charge in [0.1, 0.15) is 5.75 Å². The Morgan fingerprint density at radius 1 is 1.08 bits per heavy atom. The summed E-state index contributed by atoms with van der Waals surface area (Å²) in [6, 6.07) is 19.3. The molecule has 0 spiro atoms. The SMILES string of the molecule is COc1ccc([C@@H](C)N[C@@H]2CC[C@@H](C(=O)N3CCC(c4ccccc4)(c4nnco4)CC3)C(C)(C)C2)cc1. The summed E-state index contributed by atoms with van der Waals surface area (Å²) in [4.78, 5) is 15.9. The van der Waals surface area contributed by atoms with Crippen LogP contribution in [-0.4, -0.2) is 47.2 Å². The maximum absolute atomic E-state index is 13.9. The fourth-order valence-corrected chi connectivity index (χ4v) is 6.67. The molecule has 2 fully saturated rings. The van der Waals surface area contributed by atoms with Crippen LogP contribution in [0.4, 0.5) is 0 Å². The van der Waals surface area contributed by atoms with Crippen molar-refractivity contribution in [1.29, 1.82) is 0 Å². The van der Waals surface area contributed by atoms with E-state index in [1.165, 1.54) is 17.5 Å². The van der Waals surface area contributed by atoms with Crippen LogP contribution in [0.3, 0.4) is 0 Å². The van der Waals surface area contributed by atoms with Crippen molar-refractivity contribution in [2.24, 2.45) is 11.3 Å². The van der Waals surface area contributed by atoms with E-state index in [0.717, 1.165) is 37.9 Å². The molecule has 2 heterocycles. The molecule has 2 aliphatic rings. The zero-order valence-corrected chi connectivity index (χ0v) is 23.0. The monoisotopic (exact) mass is 516 g/mol. The van der Waals surface area contributed by atoms with E-state index in [0.29, 0.717) is 30.9 Å². The number of carbonyl (C=O) groups excluding carboxylic acids is 1. The Morgan fingerprint density at radius 2 is 1.79 bits per heavy atom. The highest BCUT2D eigenvalue weighted by atomic mass is 16.5. The third-order valence-electron chi connectivity index (χ3n) is 8.94. The summed E-state index contributed by atoms with van der Waals surface area (Å²) in [5.74, 6) is 1.85. The molecule has 0 unspecified atom stereocenters. The lowest BCUT2D eigenvalue weighted by atomic mass is 9.66. The number of rotatable bonds is 7. The Kier molecular flexibility index (Phi) is 7.57. The first-order valence-electron chi connectivity index (χ1n) is 13.8. The van der Waals surface area contributed by atoms with Crippen molar-refractivity contribution in [3.05, 3.63) is 78.0 Å². The van der Waals surface area contributed by atoms with E-state index < -0.39 is 0 Å². The summed E-state index contributed by atoms with van der Waals surface area (Å²) in [5.41, 5.74) is 2.00. The molecule has 5 rings (SSSR count). The lowest BCUT2D eigenvalue weighted by molar-refractivity contribution is -0.143. The van der Waals surface area contributed by atoms with Gasteiger partial charge in [0.05, 0.1) is 12.5 Å². The van der Waals surface area contributed by atoms with Gasteiger partial charge in [0.2, 0.25) is 18.2 Å². The molecular formula is C31H40N4O3. The van der Waals surface area contributed by atoms with Gasteiger partial charge in [-0.15, -0.1) is 10.2 Å². The molecule has 1 aliphatic heterocycles. The Morgan fingerprint density at radius 3 is 2.39 bits per heavy atom. The molecule has 1 aromatic heterocycles. The third-order valence-corrected chi connectivity index (χ3v) is 8.94. The number of methoxy groups -OCH3 is 1. The molecule has 1 saturated heterocycles. The summed E-state index contributed by atoms with van der Waals surface area (Å²) < 4.78 is 11.0. The summed E-state index contributed by atoms with van der Waals surface area (Å²) >= 11 is 0. The van der Waals surface area contributed by atoms with Crippen LogP contribution in [0.2, 0.25) is 0 Å². The standard InChI is InChI=1S/C31H40N4O3/c1-22(23-10-13-26(37-4)14-11-23)33-25-12-15-27(30(2,3)20-25)28(36)35-18-16-31(17-19-35,29-34-32-21-38-29)24-8-6-5-7-9-24/h5-11,13-14,21-22,25,27,33H,12,15-20H2,1-4H3/t22-,25-,27+/m1/s1. The lowest BCUT2D eigenvalue weighted by Gasteiger charge is -2.46. The van der Waals surface area contributed by atoms with E-state index in [4.69, 9.17) is 9.15 Å². The Bertz CT molecular complexity index is 1190. The molecule has 1 saturated carbocycles. The van der Waals surface area contributed by atoms with E-state index in [1.807, 2.05) is 18.2 Å². The summed E-state index contributed by atoms with van der Waals surface area (Å²) in [7, 11) is 1.69. The largest absolute Gasteiger partial charge is 0.497 e. The number of carbonyl (C=O) groups is 1. The lowest BCUT2D eigenvalue weighted by Crippen LogP contribution is -2.52. The van der Waals surface area contributed by atoms with Gasteiger partial charge in [-0.3, -0.25) is 4.79 Å². The van der Waals surface area contributed by atoms with Crippen molar-refractivity contribution < 1.29 is 13.9 Å². The molecule has 38 heavy (non-hydrogen) atoms. The van der Waals surface area contributed by atoms with Gasteiger partial charge in [-0.1, -0.05) is 56.3 Å². The molecule has 202 valence electrons. The highest BCUT2D eigenvalue weighted by Crippen LogP contribution is 2.45. The van der Waals surface area contributed by atoms with E-state index in [9.17, 15) is 4.79 Å². The van der Waals surface area contributed by atoms with Crippen molar-refractivity contribution in [2.75, 3.05) is 20.2 Å². The fraction of sp³-hybridized carbons (Fsp3) is 0.516. The number of aromatic nitrogens is 2. The average Bonchev–Trinajstić information content (AvgIpc) is 3.49. The first kappa shape index (κ1) is 26.4. The van der Waals surface area contributed by atoms with Crippen molar-refractivity contribution >= 4 is 5.91 Å². The minimum atomic E-state index is -0.344. The maximum atomic E-state index is 13.9. The molecule has 1 N–H and O–H groups in total. The number of hydrogen-bond donors (Lipinski definition) is 1. The highest BCUT2D eigenvalue weighted by Gasteiger charge is 2.47. The molecule has 1 amide bonds. The predicted molar refractivity (Wildman–Crippen MR) is 147 cm³/mol. The van der Waals surface area contributed by atoms with Crippen molar-refractivity contribution in [2.45, 2.75) is 70.4 Å². The zero-order valence-electron chi connectivity index (χ0n) is 23.0. The van der Waals surface area contributed by atoms with Crippen molar-refractivity contribution in [3.8, 4) is 5.75 Å². The van der Waals surface area contributed by atoms with Gasteiger partial charge >= 0.3 is 0 Å². The van der Waals surface area contributed by atoms with Crippen LogP contribution in [-0.2, 0) is 10.2 Å². The average molecular weight is 517 g/mol. The van der Waals surface area contributed by atoms with E-state index in [-0.39, 0.29) is 22.8 Å². The number of amides is 1. The minimum absolute atomic E-state index is 0.0319. The number of hydrogen-bond acceptors (Lipinski definition) is 6. The molecule has 7 nitrogen and oxygen atoms in total. The number of benzene rings is 2. The predicted octanol–water partition coefficient (Wildman–Crippen LogP) is 5.53. The zero-order chi connectivity index (χ0) is 26.8. The molecule has 2 aromatic carbocycles. The maximum Gasteiger partial charge on any atom is 0.226 e. The molecule has 7 heteroatoms. The second kappa shape index (κ2) is 10.9. The van der Waals surface area contributed by atoms with Crippen LogP contribution in [0.1, 0.15) is 75.9 Å². The Balaban J connectivity index is 1.22.